The molecule has 0 saturated carbocycles. The van der Waals surface area contributed by atoms with Gasteiger partial charge in [0.2, 0.25) is 5.91 Å². The van der Waals surface area contributed by atoms with Crippen LogP contribution < -0.4 is 10.7 Å². The van der Waals surface area contributed by atoms with E-state index >= 15 is 0 Å². The van der Waals surface area contributed by atoms with Crippen LogP contribution in [0.3, 0.4) is 0 Å². The Morgan fingerprint density at radius 3 is 2.54 bits per heavy atom. The van der Waals surface area contributed by atoms with Gasteiger partial charge in [-0.25, -0.2) is 0 Å². The lowest BCUT2D eigenvalue weighted by molar-refractivity contribution is -0.120. The van der Waals surface area contributed by atoms with Crippen molar-refractivity contribution in [3.05, 3.63) is 86.3 Å². The lowest BCUT2D eigenvalue weighted by Crippen LogP contribution is -2.35. The van der Waals surface area contributed by atoms with E-state index in [1.54, 1.807) is 25.3 Å². The molecule has 0 spiro atoms. The number of aliphatic hydroxyl groups excluding tert-OH is 1. The average Bonchev–Trinajstić information content (AvgIpc) is 3.21. The first-order valence-electron chi connectivity index (χ1n) is 11.8. The fourth-order valence-electron chi connectivity index (χ4n) is 4.76. The van der Waals surface area contributed by atoms with Crippen LogP contribution in [0.15, 0.2) is 53.6 Å². The van der Waals surface area contributed by atoms with Gasteiger partial charge >= 0.3 is 0 Å². The Hall–Kier alpha value is -2.97. The van der Waals surface area contributed by atoms with Gasteiger partial charge < -0.3 is 19.6 Å². The highest BCUT2D eigenvalue weighted by molar-refractivity contribution is 6.30. The molecule has 5 rings (SSSR count). The number of carbonyl (C=O) groups excluding carboxylic acids is 1. The van der Waals surface area contributed by atoms with Crippen LogP contribution in [0.2, 0.25) is 5.02 Å². The van der Waals surface area contributed by atoms with Gasteiger partial charge in [-0.1, -0.05) is 23.7 Å². The summed E-state index contributed by atoms with van der Waals surface area (Å²) in [5.74, 6) is -0.230. The monoisotopic (exact) mass is 493 g/mol. The number of hydrogen-bond donors (Lipinski definition) is 2. The van der Waals surface area contributed by atoms with Crippen LogP contribution in [0.1, 0.15) is 35.3 Å². The largest absolute Gasteiger partial charge is 0.389 e. The number of benzene rings is 2. The van der Waals surface area contributed by atoms with Crippen LogP contribution in [0, 0.1) is 0 Å². The summed E-state index contributed by atoms with van der Waals surface area (Å²) in [5.41, 5.74) is 3.76. The minimum atomic E-state index is -0.682. The molecule has 1 aliphatic rings. The van der Waals surface area contributed by atoms with Crippen LogP contribution in [0.25, 0.3) is 16.3 Å². The van der Waals surface area contributed by atoms with Gasteiger partial charge in [-0.2, -0.15) is 0 Å². The third-order valence-corrected chi connectivity index (χ3v) is 6.81. The van der Waals surface area contributed by atoms with E-state index in [-0.39, 0.29) is 17.8 Å². The van der Waals surface area contributed by atoms with Gasteiger partial charge in [0.15, 0.2) is 5.43 Å². The first-order chi connectivity index (χ1) is 16.9. The maximum atomic E-state index is 13.5. The second-order valence-electron chi connectivity index (χ2n) is 9.16. The number of nitrogens with zero attached hydrogens (tertiary/aromatic N) is 2. The number of aromatic nitrogens is 1. The first kappa shape index (κ1) is 23.8. The normalized spacial score (nSPS) is 15.6. The maximum Gasteiger partial charge on any atom is 0.224 e. The molecule has 0 aliphatic carbocycles. The van der Waals surface area contributed by atoms with E-state index in [9.17, 15) is 14.7 Å². The lowest BCUT2D eigenvalue weighted by Gasteiger charge is -2.26. The van der Waals surface area contributed by atoms with E-state index < -0.39 is 6.10 Å². The number of amides is 1. The Morgan fingerprint density at radius 1 is 1.11 bits per heavy atom. The molecule has 1 amide bonds. The zero-order chi connectivity index (χ0) is 24.5. The molecular formula is C27H28ClN3O4. The third-order valence-electron chi connectivity index (χ3n) is 6.56. The second-order valence-corrected chi connectivity index (χ2v) is 9.60. The average molecular weight is 494 g/mol. The van der Waals surface area contributed by atoms with Crippen LogP contribution >= 0.6 is 11.6 Å². The number of pyridine rings is 1. The minimum Gasteiger partial charge on any atom is -0.389 e. The highest BCUT2D eigenvalue weighted by Crippen LogP contribution is 2.31. The molecule has 0 unspecified atom stereocenters. The standard InChI is InChI=1S/C27H28ClN3O4/c1-17(32)24-16-31-15-20(12-25(33)29-13-18-2-4-21(28)5-3-18)27(34)23-11-19(10-22(24)26(23)31)14-30-6-8-35-9-7-30/h2-5,10-11,15-17,32H,6-9,12-14H2,1H3,(H,29,33)/t17-/m0/s1. The topological polar surface area (TPSA) is 83.3 Å². The van der Waals surface area contributed by atoms with Crippen molar-refractivity contribution in [1.29, 1.82) is 0 Å². The molecule has 7 nitrogen and oxygen atoms in total. The van der Waals surface area contributed by atoms with Crippen LogP contribution in [0.5, 0.6) is 0 Å². The van der Waals surface area contributed by atoms with Crippen molar-refractivity contribution in [2.75, 3.05) is 26.3 Å². The van der Waals surface area contributed by atoms with E-state index in [4.69, 9.17) is 16.3 Å². The highest BCUT2D eigenvalue weighted by atomic mass is 35.5. The molecule has 182 valence electrons. The molecule has 35 heavy (non-hydrogen) atoms. The molecule has 8 heteroatoms. The van der Waals surface area contributed by atoms with E-state index in [0.717, 1.165) is 40.7 Å². The van der Waals surface area contributed by atoms with Gasteiger partial charge in [0.1, 0.15) is 0 Å². The fraction of sp³-hybridized carbons (Fsp3) is 0.333. The van der Waals surface area contributed by atoms with Crippen molar-refractivity contribution in [3.63, 3.8) is 0 Å². The van der Waals surface area contributed by atoms with Crippen molar-refractivity contribution >= 4 is 33.8 Å². The number of halogens is 1. The Balaban J connectivity index is 1.46. The molecule has 1 atom stereocenters. The molecule has 0 radical (unpaired) electrons. The summed E-state index contributed by atoms with van der Waals surface area (Å²) in [6.07, 6.45) is 2.86. The van der Waals surface area contributed by atoms with Gasteiger partial charge in [-0.15, -0.1) is 0 Å². The van der Waals surface area contributed by atoms with Gasteiger partial charge in [-0.05, 0) is 42.3 Å². The van der Waals surface area contributed by atoms with E-state index in [0.29, 0.717) is 42.3 Å². The van der Waals surface area contributed by atoms with Crippen molar-refractivity contribution < 1.29 is 14.6 Å². The molecule has 2 N–H and O–H groups in total. The number of aliphatic hydroxyl groups is 1. The maximum absolute atomic E-state index is 13.5. The molecule has 2 aromatic heterocycles. The van der Waals surface area contributed by atoms with Crippen molar-refractivity contribution in [2.24, 2.45) is 0 Å². The van der Waals surface area contributed by atoms with Crippen molar-refractivity contribution in [1.82, 2.24) is 14.6 Å². The molecule has 1 fully saturated rings. The highest BCUT2D eigenvalue weighted by Gasteiger charge is 2.20. The zero-order valence-corrected chi connectivity index (χ0v) is 20.3. The number of carbonyl (C=O) groups is 1. The Labute approximate surface area is 208 Å². The van der Waals surface area contributed by atoms with E-state index in [1.165, 1.54) is 0 Å². The molecule has 1 aliphatic heterocycles. The predicted octanol–water partition coefficient (Wildman–Crippen LogP) is 3.29. The molecule has 4 aromatic rings. The zero-order valence-electron chi connectivity index (χ0n) is 19.6. The predicted molar refractivity (Wildman–Crippen MR) is 136 cm³/mol. The van der Waals surface area contributed by atoms with Crippen molar-refractivity contribution in [2.45, 2.75) is 32.5 Å². The summed E-state index contributed by atoms with van der Waals surface area (Å²) in [4.78, 5) is 28.5. The summed E-state index contributed by atoms with van der Waals surface area (Å²) < 4.78 is 7.32. The summed E-state index contributed by atoms with van der Waals surface area (Å²) in [6, 6.07) is 11.3. The number of rotatable bonds is 7. The van der Waals surface area contributed by atoms with Crippen LogP contribution in [0.4, 0.5) is 0 Å². The molecule has 1 saturated heterocycles. The summed E-state index contributed by atoms with van der Waals surface area (Å²) in [6.45, 7) is 5.85. The van der Waals surface area contributed by atoms with Crippen molar-refractivity contribution in [3.8, 4) is 0 Å². The Kier molecular flexibility index (Phi) is 6.75. The van der Waals surface area contributed by atoms with E-state index in [1.807, 2.05) is 28.8 Å². The molecule has 3 heterocycles. The molecule has 0 bridgehead atoms. The third kappa shape index (κ3) is 5.04. The summed E-state index contributed by atoms with van der Waals surface area (Å²) >= 11 is 5.92. The molecular weight excluding hydrogens is 466 g/mol. The molecule has 2 aromatic carbocycles. The number of nitrogens with one attached hydrogen (secondary N) is 1. The lowest BCUT2D eigenvalue weighted by atomic mass is 10.0. The Morgan fingerprint density at radius 2 is 1.83 bits per heavy atom. The quantitative estimate of drug-likeness (QED) is 0.413. The van der Waals surface area contributed by atoms with E-state index in [2.05, 4.69) is 16.3 Å². The van der Waals surface area contributed by atoms with Crippen LogP contribution in [-0.2, 0) is 29.0 Å². The van der Waals surface area contributed by atoms with Crippen LogP contribution in [-0.4, -0.2) is 46.6 Å². The van der Waals surface area contributed by atoms with Gasteiger partial charge in [-0.3, -0.25) is 14.5 Å². The van der Waals surface area contributed by atoms with Gasteiger partial charge in [0.05, 0.1) is 31.3 Å². The van der Waals surface area contributed by atoms with Gasteiger partial charge in [0.25, 0.3) is 0 Å². The number of ether oxygens (including phenoxy) is 1. The number of hydrogen-bond acceptors (Lipinski definition) is 5. The summed E-state index contributed by atoms with van der Waals surface area (Å²) in [7, 11) is 0. The Bertz CT molecular complexity index is 1410. The summed E-state index contributed by atoms with van der Waals surface area (Å²) in [5, 5.41) is 15.4. The first-order valence-corrected chi connectivity index (χ1v) is 12.2. The second kappa shape index (κ2) is 9.95. The minimum absolute atomic E-state index is 0.0246. The SMILES string of the molecule is C[C@H](O)c1cn2cc(CC(=O)NCc3ccc(Cl)cc3)c(=O)c3cc(CN4CCOCC4)cc1c32. The van der Waals surface area contributed by atoms with Gasteiger partial charge in [0, 0.05) is 65.5 Å². The number of morpholine rings is 1. The fourth-order valence-corrected chi connectivity index (χ4v) is 4.88. The smallest absolute Gasteiger partial charge is 0.224 e.